The first-order valence-corrected chi connectivity index (χ1v) is 8.75. The summed E-state index contributed by atoms with van der Waals surface area (Å²) in [6.45, 7) is 3.19. The van der Waals surface area contributed by atoms with Gasteiger partial charge >= 0.3 is 0 Å². The zero-order chi connectivity index (χ0) is 17.6. The Bertz CT molecular complexity index is 647. The second kappa shape index (κ2) is 8.84. The minimum absolute atomic E-state index is 0.442. The van der Waals surface area contributed by atoms with Gasteiger partial charge in [0.05, 0.1) is 24.1 Å². The molecule has 2 rings (SSSR count). The van der Waals surface area contributed by atoms with Crippen molar-refractivity contribution in [3.8, 4) is 0 Å². The molecule has 0 saturated heterocycles. The number of hydroxylamine groups is 3. The summed E-state index contributed by atoms with van der Waals surface area (Å²) in [7, 11) is 6.19. The molecule has 2 aromatic carbocycles. The Morgan fingerprint density at radius 2 is 1.67 bits per heavy atom. The normalized spacial score (nSPS) is 11.9. The van der Waals surface area contributed by atoms with E-state index in [0.29, 0.717) is 21.3 Å². The maximum atomic E-state index is 6.08. The molecular weight excluding hydrogens is 343 g/mol. The SMILES string of the molecule is CN(CCO[N+](C)(C)Cc1ccc(Cl)c(Cl)c1)Cc1ccccc1. The fourth-order valence-corrected chi connectivity index (χ4v) is 2.86. The Labute approximate surface area is 154 Å². The van der Waals surface area contributed by atoms with Gasteiger partial charge in [0.2, 0.25) is 0 Å². The van der Waals surface area contributed by atoms with Gasteiger partial charge in [0.1, 0.15) is 13.2 Å². The average Bonchev–Trinajstić information content (AvgIpc) is 2.51. The molecule has 0 radical (unpaired) electrons. The van der Waals surface area contributed by atoms with Gasteiger partial charge in [0, 0.05) is 18.7 Å². The van der Waals surface area contributed by atoms with Crippen LogP contribution in [0, 0.1) is 0 Å². The molecule has 3 nitrogen and oxygen atoms in total. The van der Waals surface area contributed by atoms with Gasteiger partial charge in [-0.15, -0.1) is 0 Å². The van der Waals surface area contributed by atoms with E-state index in [9.17, 15) is 0 Å². The molecule has 0 spiro atoms. The lowest BCUT2D eigenvalue weighted by atomic mass is 10.2. The summed E-state index contributed by atoms with van der Waals surface area (Å²) in [6.07, 6.45) is 0. The van der Waals surface area contributed by atoms with Crippen molar-refractivity contribution >= 4 is 23.2 Å². The molecule has 0 saturated carbocycles. The molecule has 0 bridgehead atoms. The van der Waals surface area contributed by atoms with Gasteiger partial charge < -0.3 is 0 Å². The van der Waals surface area contributed by atoms with Crippen LogP contribution in [0.25, 0.3) is 0 Å². The lowest BCUT2D eigenvalue weighted by molar-refractivity contribution is -1.09. The second-order valence-electron chi connectivity index (χ2n) is 6.54. The molecule has 0 unspecified atom stereocenters. The first-order valence-electron chi connectivity index (χ1n) is 8.00. The molecule has 0 heterocycles. The van der Waals surface area contributed by atoms with Gasteiger partial charge in [0.25, 0.3) is 0 Å². The lowest BCUT2D eigenvalue weighted by Gasteiger charge is -2.28. The summed E-state index contributed by atoms with van der Waals surface area (Å²) in [6, 6.07) is 16.2. The molecule has 5 heteroatoms. The van der Waals surface area contributed by atoms with Crippen LogP contribution < -0.4 is 0 Å². The van der Waals surface area contributed by atoms with E-state index < -0.39 is 0 Å². The molecule has 0 aromatic heterocycles. The number of rotatable bonds is 8. The molecule has 0 aliphatic carbocycles. The number of benzene rings is 2. The van der Waals surface area contributed by atoms with E-state index in [1.54, 1.807) is 0 Å². The number of nitrogens with zero attached hydrogens (tertiary/aromatic N) is 2. The van der Waals surface area contributed by atoms with Crippen molar-refractivity contribution in [2.75, 3.05) is 34.3 Å². The van der Waals surface area contributed by atoms with Gasteiger partial charge in [0.15, 0.2) is 0 Å². The maximum absolute atomic E-state index is 6.08. The van der Waals surface area contributed by atoms with Crippen LogP contribution in [0.3, 0.4) is 0 Å². The minimum atomic E-state index is 0.442. The summed E-state index contributed by atoms with van der Waals surface area (Å²) in [5.74, 6) is 0. The first-order chi connectivity index (χ1) is 11.4. The van der Waals surface area contributed by atoms with Crippen LogP contribution in [0.5, 0.6) is 0 Å². The van der Waals surface area contributed by atoms with Gasteiger partial charge in [-0.25, -0.2) is 4.84 Å². The molecule has 0 amide bonds. The predicted octanol–water partition coefficient (Wildman–Crippen LogP) is 4.63. The minimum Gasteiger partial charge on any atom is -0.300 e. The summed E-state index contributed by atoms with van der Waals surface area (Å²) < 4.78 is 0.442. The van der Waals surface area contributed by atoms with E-state index in [1.807, 2.05) is 38.4 Å². The van der Waals surface area contributed by atoms with Crippen molar-refractivity contribution in [3.63, 3.8) is 0 Å². The molecule has 24 heavy (non-hydrogen) atoms. The highest BCUT2D eigenvalue weighted by Gasteiger charge is 2.18. The Hall–Kier alpha value is -1.10. The van der Waals surface area contributed by atoms with Crippen LogP contribution in [0.4, 0.5) is 0 Å². The molecule has 0 aliphatic rings. The highest BCUT2D eigenvalue weighted by Crippen LogP contribution is 2.24. The number of likely N-dealkylation sites (N-methyl/N-ethyl adjacent to an activating group) is 1. The third kappa shape index (κ3) is 6.42. The summed E-state index contributed by atoms with van der Waals surface area (Å²) in [4.78, 5) is 8.29. The third-order valence-corrected chi connectivity index (χ3v) is 4.50. The molecule has 0 aliphatic heterocycles. The zero-order valence-corrected chi connectivity index (χ0v) is 16.0. The van der Waals surface area contributed by atoms with Crippen LogP contribution in [0.1, 0.15) is 11.1 Å². The monoisotopic (exact) mass is 367 g/mol. The van der Waals surface area contributed by atoms with Crippen molar-refractivity contribution in [1.29, 1.82) is 0 Å². The summed E-state index contributed by atoms with van der Waals surface area (Å²) >= 11 is 12.0. The molecule has 130 valence electrons. The number of quaternary nitrogens is 1. The largest absolute Gasteiger partial charge is 0.300 e. The lowest BCUT2D eigenvalue weighted by Crippen LogP contribution is -2.40. The van der Waals surface area contributed by atoms with Crippen molar-refractivity contribution in [2.45, 2.75) is 13.1 Å². The third-order valence-electron chi connectivity index (χ3n) is 3.76. The van der Waals surface area contributed by atoms with Gasteiger partial charge in [-0.1, -0.05) is 59.6 Å². The fraction of sp³-hybridized carbons (Fsp3) is 0.368. The molecule has 0 fully saturated rings. The average molecular weight is 368 g/mol. The second-order valence-corrected chi connectivity index (χ2v) is 7.35. The Morgan fingerprint density at radius 1 is 0.958 bits per heavy atom. The van der Waals surface area contributed by atoms with Crippen LogP contribution in [-0.2, 0) is 17.9 Å². The van der Waals surface area contributed by atoms with E-state index >= 15 is 0 Å². The van der Waals surface area contributed by atoms with Gasteiger partial charge in [-0.05, 0) is 24.7 Å². The first kappa shape index (κ1) is 19.2. The van der Waals surface area contributed by atoms with Crippen molar-refractivity contribution in [3.05, 3.63) is 69.7 Å². The Morgan fingerprint density at radius 3 is 2.33 bits per heavy atom. The smallest absolute Gasteiger partial charge is 0.134 e. The quantitative estimate of drug-likeness (QED) is 0.497. The maximum Gasteiger partial charge on any atom is 0.134 e. The number of halogens is 2. The topological polar surface area (TPSA) is 12.5 Å². The van der Waals surface area contributed by atoms with Crippen LogP contribution in [0.2, 0.25) is 10.0 Å². The Balaban J connectivity index is 1.78. The number of hydrogen-bond donors (Lipinski definition) is 0. The summed E-state index contributed by atoms with van der Waals surface area (Å²) in [5.41, 5.74) is 2.41. The van der Waals surface area contributed by atoms with Crippen LogP contribution >= 0.6 is 23.2 Å². The van der Waals surface area contributed by atoms with E-state index in [4.69, 9.17) is 28.0 Å². The van der Waals surface area contributed by atoms with Crippen molar-refractivity contribution in [1.82, 2.24) is 4.90 Å². The van der Waals surface area contributed by atoms with Crippen LogP contribution in [-0.4, -0.2) is 43.8 Å². The molecule has 2 aromatic rings. The van der Waals surface area contributed by atoms with E-state index in [-0.39, 0.29) is 0 Å². The van der Waals surface area contributed by atoms with Gasteiger partial charge in [-0.3, -0.25) is 4.90 Å². The summed E-state index contributed by atoms with van der Waals surface area (Å²) in [5, 5.41) is 1.16. The van der Waals surface area contributed by atoms with E-state index in [1.165, 1.54) is 5.56 Å². The fourth-order valence-electron chi connectivity index (χ4n) is 2.54. The van der Waals surface area contributed by atoms with E-state index in [0.717, 1.165) is 25.2 Å². The number of hydrogen-bond acceptors (Lipinski definition) is 2. The standard InChI is InChI=1S/C19H25Cl2N2O/c1-22(14-16-7-5-4-6-8-16)11-12-24-23(2,3)15-17-9-10-18(20)19(21)13-17/h4-10,13H,11-12,14-15H2,1-3H3/q+1. The molecular formula is C19H25Cl2N2O+. The molecule has 0 atom stereocenters. The predicted molar refractivity (Wildman–Crippen MR) is 101 cm³/mol. The highest BCUT2D eigenvalue weighted by atomic mass is 35.5. The van der Waals surface area contributed by atoms with Crippen molar-refractivity contribution < 1.29 is 9.48 Å². The Kier molecular flexibility index (Phi) is 7.08. The van der Waals surface area contributed by atoms with Gasteiger partial charge in [-0.2, -0.15) is 4.65 Å². The highest BCUT2D eigenvalue weighted by molar-refractivity contribution is 6.42. The zero-order valence-electron chi connectivity index (χ0n) is 14.5. The molecule has 0 N–H and O–H groups in total. The van der Waals surface area contributed by atoms with Crippen LogP contribution in [0.15, 0.2) is 48.5 Å². The van der Waals surface area contributed by atoms with Crippen molar-refractivity contribution in [2.24, 2.45) is 0 Å². The van der Waals surface area contributed by atoms with E-state index in [2.05, 4.69) is 36.2 Å².